The van der Waals surface area contributed by atoms with E-state index in [2.05, 4.69) is 276 Å². The number of benzene rings is 11. The van der Waals surface area contributed by atoms with Crippen LogP contribution in [0.25, 0.3) is 71.6 Å². The topological polar surface area (TPSA) is 8.17 Å². The fraction of sp³-hybridized carbons (Fsp3) is 0.0154. The van der Waals surface area contributed by atoms with E-state index in [0.717, 1.165) is 28.3 Å². The Labute approximate surface area is 390 Å². The van der Waals surface area contributed by atoms with Crippen molar-refractivity contribution in [1.82, 2.24) is 4.57 Å². The lowest BCUT2D eigenvalue weighted by molar-refractivity contribution is 0.768. The Morgan fingerprint density at radius 1 is 0.299 bits per heavy atom. The van der Waals surface area contributed by atoms with Crippen molar-refractivity contribution in [3.05, 3.63) is 289 Å². The van der Waals surface area contributed by atoms with Gasteiger partial charge in [-0.2, -0.15) is 0 Å². The molecule has 13 rings (SSSR count). The molecule has 1 aliphatic carbocycles. The maximum atomic E-state index is 2.46. The summed E-state index contributed by atoms with van der Waals surface area (Å²) in [4.78, 5) is 2.44. The van der Waals surface area contributed by atoms with E-state index in [1.807, 2.05) is 0 Å². The summed E-state index contributed by atoms with van der Waals surface area (Å²) >= 11 is 0. The summed E-state index contributed by atoms with van der Waals surface area (Å²) < 4.78 is 2.38. The molecule has 0 saturated carbocycles. The van der Waals surface area contributed by atoms with Gasteiger partial charge in [0, 0.05) is 33.5 Å². The van der Waals surface area contributed by atoms with Gasteiger partial charge in [-0.1, -0.05) is 194 Å². The van der Waals surface area contributed by atoms with Crippen molar-refractivity contribution >= 4 is 49.6 Å². The van der Waals surface area contributed by atoms with Gasteiger partial charge in [0.25, 0.3) is 0 Å². The summed E-state index contributed by atoms with van der Waals surface area (Å²) in [6.45, 7) is 0. The molecule has 12 aromatic rings. The maximum Gasteiger partial charge on any atom is 0.0714 e. The first kappa shape index (κ1) is 38.7. The first-order valence-corrected chi connectivity index (χ1v) is 23.2. The number of para-hydroxylation sites is 2. The van der Waals surface area contributed by atoms with Crippen molar-refractivity contribution in [2.24, 2.45) is 0 Å². The van der Waals surface area contributed by atoms with Crippen LogP contribution >= 0.6 is 0 Å². The lowest BCUT2D eigenvalue weighted by Crippen LogP contribution is -2.28. The normalized spacial score (nSPS) is 12.6. The number of anilines is 3. The van der Waals surface area contributed by atoms with E-state index in [4.69, 9.17) is 0 Å². The minimum Gasteiger partial charge on any atom is -0.310 e. The molecule has 11 aromatic carbocycles. The van der Waals surface area contributed by atoms with Gasteiger partial charge in [-0.15, -0.1) is 0 Å². The average molecular weight is 853 g/mol. The van der Waals surface area contributed by atoms with Crippen molar-refractivity contribution in [1.29, 1.82) is 0 Å². The second kappa shape index (κ2) is 15.8. The fourth-order valence-electron chi connectivity index (χ4n) is 11.0. The van der Waals surface area contributed by atoms with Crippen LogP contribution in [-0.2, 0) is 5.41 Å². The second-order valence-electron chi connectivity index (χ2n) is 17.7. The Morgan fingerprint density at radius 2 is 0.851 bits per heavy atom. The van der Waals surface area contributed by atoms with Gasteiger partial charge in [0.15, 0.2) is 0 Å². The largest absolute Gasteiger partial charge is 0.310 e. The van der Waals surface area contributed by atoms with Gasteiger partial charge >= 0.3 is 0 Å². The van der Waals surface area contributed by atoms with Crippen LogP contribution in [-0.4, -0.2) is 4.57 Å². The van der Waals surface area contributed by atoms with Crippen LogP contribution in [0, 0.1) is 0 Å². The van der Waals surface area contributed by atoms with Crippen LogP contribution in [0.15, 0.2) is 267 Å². The number of rotatable bonds is 8. The van der Waals surface area contributed by atoms with Gasteiger partial charge < -0.3 is 9.47 Å². The Bertz CT molecular complexity index is 3770. The van der Waals surface area contributed by atoms with Gasteiger partial charge in [0.05, 0.1) is 16.4 Å². The summed E-state index contributed by atoms with van der Waals surface area (Å²) in [6.07, 6.45) is 0. The van der Waals surface area contributed by atoms with Crippen LogP contribution in [0.5, 0.6) is 0 Å². The molecule has 0 N–H and O–H groups in total. The fourth-order valence-corrected chi connectivity index (χ4v) is 11.0. The van der Waals surface area contributed by atoms with Crippen LogP contribution in [0.4, 0.5) is 17.1 Å². The van der Waals surface area contributed by atoms with Gasteiger partial charge in [-0.05, 0) is 139 Å². The molecule has 0 atom stereocenters. The van der Waals surface area contributed by atoms with Crippen molar-refractivity contribution in [2.45, 2.75) is 5.41 Å². The second-order valence-corrected chi connectivity index (χ2v) is 17.7. The lowest BCUT2D eigenvalue weighted by Gasteiger charge is -2.35. The first-order valence-electron chi connectivity index (χ1n) is 23.2. The number of fused-ring (bicyclic) bond motifs is 7. The van der Waals surface area contributed by atoms with E-state index in [1.165, 1.54) is 82.6 Å². The van der Waals surface area contributed by atoms with Crippen LogP contribution in [0.3, 0.4) is 0 Å². The van der Waals surface area contributed by atoms with Crippen LogP contribution < -0.4 is 4.90 Å². The average Bonchev–Trinajstić information content (AvgIpc) is 3.90. The van der Waals surface area contributed by atoms with Crippen molar-refractivity contribution < 1.29 is 0 Å². The summed E-state index contributed by atoms with van der Waals surface area (Å²) in [5.41, 5.74) is 18.7. The molecule has 1 aliphatic rings. The summed E-state index contributed by atoms with van der Waals surface area (Å²) in [6, 6.07) is 98.1. The Kier molecular flexibility index (Phi) is 9.11. The molecule has 67 heavy (non-hydrogen) atoms. The molecular formula is C65H44N2. The zero-order valence-corrected chi connectivity index (χ0v) is 36.8. The molecule has 314 valence electrons. The summed E-state index contributed by atoms with van der Waals surface area (Å²) in [5.74, 6) is 0. The predicted octanol–water partition coefficient (Wildman–Crippen LogP) is 17.1. The molecule has 1 heterocycles. The third-order valence-electron chi connectivity index (χ3n) is 14.0. The minimum absolute atomic E-state index is 0.513. The van der Waals surface area contributed by atoms with Crippen LogP contribution in [0.2, 0.25) is 0 Å². The highest BCUT2D eigenvalue weighted by Gasteiger charge is 2.46. The smallest absolute Gasteiger partial charge is 0.0714 e. The highest BCUT2D eigenvalue weighted by Crippen LogP contribution is 2.57. The molecule has 0 saturated heterocycles. The summed E-state index contributed by atoms with van der Waals surface area (Å²) in [5, 5.41) is 4.92. The number of nitrogens with zero attached hydrogens (tertiary/aromatic N) is 2. The standard InChI is InChI=1S/C65H44N2/c1-4-23-51(24-5-1)65(52-25-6-2-7-26-52)61-32-14-12-30-57(61)58-38-37-56(44-62(58)65)66(55-36-34-45-18-10-11-19-48(45)41-55)54-29-17-22-49(42-54)46-20-16-21-47(40-46)50-35-39-64-60(43-50)59-31-13-15-33-63(59)67(64)53-27-8-3-9-28-53/h1-44H. The first-order chi connectivity index (χ1) is 33.2. The van der Waals surface area contributed by atoms with Crippen molar-refractivity contribution in [3.8, 4) is 39.1 Å². The maximum absolute atomic E-state index is 2.46. The van der Waals surface area contributed by atoms with E-state index >= 15 is 0 Å². The van der Waals surface area contributed by atoms with Gasteiger partial charge in [0.1, 0.15) is 0 Å². The van der Waals surface area contributed by atoms with Gasteiger partial charge in [-0.3, -0.25) is 0 Å². The zero-order valence-electron chi connectivity index (χ0n) is 36.8. The SMILES string of the molecule is c1ccc(-n2c3ccccc3c3cc(-c4cccc(-c5cccc(N(c6ccc7c(c6)C(c6ccccc6)(c6ccccc6)c6ccccc6-7)c6ccc7ccccc7c6)c5)c4)ccc32)cc1. The Hall–Kier alpha value is -8.72. The highest BCUT2D eigenvalue weighted by atomic mass is 15.1. The van der Waals surface area contributed by atoms with Crippen molar-refractivity contribution in [3.63, 3.8) is 0 Å². The number of aromatic nitrogens is 1. The summed E-state index contributed by atoms with van der Waals surface area (Å²) in [7, 11) is 0. The molecule has 2 heteroatoms. The number of hydrogen-bond acceptors (Lipinski definition) is 1. The van der Waals surface area contributed by atoms with E-state index in [1.54, 1.807) is 0 Å². The molecule has 0 spiro atoms. The van der Waals surface area contributed by atoms with Crippen molar-refractivity contribution in [2.75, 3.05) is 4.90 Å². The Balaban J connectivity index is 0.962. The monoisotopic (exact) mass is 852 g/mol. The molecule has 0 unspecified atom stereocenters. The van der Waals surface area contributed by atoms with Crippen LogP contribution in [0.1, 0.15) is 22.3 Å². The van der Waals surface area contributed by atoms with E-state index in [0.29, 0.717) is 0 Å². The highest BCUT2D eigenvalue weighted by molar-refractivity contribution is 6.10. The quantitative estimate of drug-likeness (QED) is 0.148. The number of hydrogen-bond donors (Lipinski definition) is 0. The molecular weight excluding hydrogens is 809 g/mol. The molecule has 0 bridgehead atoms. The van der Waals surface area contributed by atoms with Gasteiger partial charge in [-0.25, -0.2) is 0 Å². The minimum atomic E-state index is -0.513. The van der Waals surface area contributed by atoms with E-state index < -0.39 is 5.41 Å². The molecule has 1 aromatic heterocycles. The van der Waals surface area contributed by atoms with Gasteiger partial charge in [0.2, 0.25) is 0 Å². The molecule has 2 nitrogen and oxygen atoms in total. The third-order valence-corrected chi connectivity index (χ3v) is 14.0. The molecule has 0 aliphatic heterocycles. The molecule has 0 amide bonds. The third kappa shape index (κ3) is 6.26. The molecule has 0 fully saturated rings. The zero-order chi connectivity index (χ0) is 44.3. The lowest BCUT2D eigenvalue weighted by atomic mass is 9.67. The Morgan fingerprint density at radius 3 is 1.63 bits per heavy atom. The predicted molar refractivity (Wildman–Crippen MR) is 281 cm³/mol. The van der Waals surface area contributed by atoms with E-state index in [-0.39, 0.29) is 0 Å². The molecule has 0 radical (unpaired) electrons. The van der Waals surface area contributed by atoms with E-state index in [9.17, 15) is 0 Å².